The number of piperidine rings is 1. The number of aromatic nitrogens is 3. The lowest BCUT2D eigenvalue weighted by Crippen LogP contribution is -2.42. The zero-order valence-electron chi connectivity index (χ0n) is 13.9. The van der Waals surface area contributed by atoms with Crippen LogP contribution in [0, 0.1) is 11.8 Å². The first kappa shape index (κ1) is 16.2. The molecule has 1 atom stereocenters. The SMILES string of the molecule is COCc1cn(CC2CCN(C(=O)[C@@H]3CC=CCC3)CC2)nn1. The van der Waals surface area contributed by atoms with E-state index in [0.29, 0.717) is 18.4 Å². The highest BCUT2D eigenvalue weighted by molar-refractivity contribution is 5.79. The van der Waals surface area contributed by atoms with Crippen LogP contribution in [0.25, 0.3) is 0 Å². The fourth-order valence-corrected chi connectivity index (χ4v) is 3.52. The molecular formula is C17H26N4O2. The minimum atomic E-state index is 0.212. The van der Waals surface area contributed by atoms with Crippen molar-refractivity contribution in [1.29, 1.82) is 0 Å². The molecule has 23 heavy (non-hydrogen) atoms. The summed E-state index contributed by atoms with van der Waals surface area (Å²) in [7, 11) is 1.66. The molecule has 6 nitrogen and oxygen atoms in total. The Labute approximate surface area is 137 Å². The first-order chi connectivity index (χ1) is 11.3. The predicted octanol–water partition coefficient (Wildman–Crippen LogP) is 2.02. The van der Waals surface area contributed by atoms with Crippen LogP contribution in [0.4, 0.5) is 0 Å². The lowest BCUT2D eigenvalue weighted by atomic mass is 9.91. The first-order valence-corrected chi connectivity index (χ1v) is 8.58. The molecule has 1 amide bonds. The Kier molecular flexibility index (Phi) is 5.43. The molecule has 1 aliphatic carbocycles. The highest BCUT2D eigenvalue weighted by Gasteiger charge is 2.28. The maximum absolute atomic E-state index is 12.5. The second-order valence-electron chi connectivity index (χ2n) is 6.61. The summed E-state index contributed by atoms with van der Waals surface area (Å²) in [4.78, 5) is 14.6. The van der Waals surface area contributed by atoms with Gasteiger partial charge in [0.25, 0.3) is 0 Å². The molecule has 2 aliphatic rings. The van der Waals surface area contributed by atoms with Crippen LogP contribution in [0.3, 0.4) is 0 Å². The molecule has 1 aromatic heterocycles. The van der Waals surface area contributed by atoms with Gasteiger partial charge in [-0.15, -0.1) is 5.10 Å². The lowest BCUT2D eigenvalue weighted by Gasteiger charge is -2.34. The molecule has 1 aromatic rings. The molecule has 0 N–H and O–H groups in total. The van der Waals surface area contributed by atoms with Crippen LogP contribution in [0.2, 0.25) is 0 Å². The number of rotatable bonds is 5. The molecule has 2 heterocycles. The second kappa shape index (κ2) is 7.73. The molecule has 126 valence electrons. The summed E-state index contributed by atoms with van der Waals surface area (Å²) in [5.74, 6) is 1.14. The van der Waals surface area contributed by atoms with Crippen LogP contribution in [0.15, 0.2) is 18.3 Å². The Bertz CT molecular complexity index is 547. The highest BCUT2D eigenvalue weighted by Crippen LogP contribution is 2.25. The number of hydrogen-bond donors (Lipinski definition) is 0. The molecule has 0 aromatic carbocycles. The largest absolute Gasteiger partial charge is 0.378 e. The topological polar surface area (TPSA) is 60.2 Å². The number of allylic oxidation sites excluding steroid dienone is 2. The fraction of sp³-hybridized carbons (Fsp3) is 0.706. The summed E-state index contributed by atoms with van der Waals surface area (Å²) in [6.07, 6.45) is 11.4. The molecule has 0 unspecified atom stereocenters. The van der Waals surface area contributed by atoms with Crippen molar-refractivity contribution in [2.45, 2.75) is 45.3 Å². The zero-order chi connectivity index (χ0) is 16.1. The number of nitrogens with zero attached hydrogens (tertiary/aromatic N) is 4. The first-order valence-electron chi connectivity index (χ1n) is 8.58. The maximum Gasteiger partial charge on any atom is 0.226 e. The van der Waals surface area contributed by atoms with Gasteiger partial charge in [0.2, 0.25) is 5.91 Å². The van der Waals surface area contributed by atoms with E-state index < -0.39 is 0 Å². The molecule has 0 saturated carbocycles. The van der Waals surface area contributed by atoms with Crippen LogP contribution >= 0.6 is 0 Å². The van der Waals surface area contributed by atoms with Gasteiger partial charge in [0.15, 0.2) is 0 Å². The number of ether oxygens (including phenoxy) is 1. The van der Waals surface area contributed by atoms with Crippen molar-refractivity contribution in [1.82, 2.24) is 19.9 Å². The van der Waals surface area contributed by atoms with Crippen molar-refractivity contribution in [2.75, 3.05) is 20.2 Å². The average Bonchev–Trinajstić information content (AvgIpc) is 3.03. The predicted molar refractivity (Wildman–Crippen MR) is 86.5 cm³/mol. The van der Waals surface area contributed by atoms with Gasteiger partial charge in [0.05, 0.1) is 12.8 Å². The summed E-state index contributed by atoms with van der Waals surface area (Å²) in [6.45, 7) is 3.14. The van der Waals surface area contributed by atoms with E-state index in [-0.39, 0.29) is 5.92 Å². The molecule has 1 fully saturated rings. The summed E-state index contributed by atoms with van der Waals surface area (Å²) in [5.41, 5.74) is 0.866. The minimum absolute atomic E-state index is 0.212. The molecule has 6 heteroatoms. The Balaban J connectivity index is 1.46. The van der Waals surface area contributed by atoms with Gasteiger partial charge in [-0.3, -0.25) is 9.48 Å². The number of likely N-dealkylation sites (tertiary alicyclic amines) is 1. The van der Waals surface area contributed by atoms with Crippen LogP contribution in [-0.4, -0.2) is 46.0 Å². The van der Waals surface area contributed by atoms with E-state index in [2.05, 4.69) is 27.4 Å². The van der Waals surface area contributed by atoms with E-state index in [1.807, 2.05) is 10.9 Å². The van der Waals surface area contributed by atoms with E-state index in [9.17, 15) is 4.79 Å². The Hall–Kier alpha value is -1.69. The summed E-state index contributed by atoms with van der Waals surface area (Å²) in [6, 6.07) is 0. The maximum atomic E-state index is 12.5. The van der Waals surface area contributed by atoms with Crippen molar-refractivity contribution in [3.8, 4) is 0 Å². The number of methoxy groups -OCH3 is 1. The highest BCUT2D eigenvalue weighted by atomic mass is 16.5. The molecule has 0 radical (unpaired) electrons. The molecule has 1 aliphatic heterocycles. The van der Waals surface area contributed by atoms with Crippen LogP contribution in [0.5, 0.6) is 0 Å². The molecule has 3 rings (SSSR count). The van der Waals surface area contributed by atoms with Gasteiger partial charge in [-0.25, -0.2) is 0 Å². The average molecular weight is 318 g/mol. The van der Waals surface area contributed by atoms with Gasteiger partial charge in [0.1, 0.15) is 5.69 Å². The molecule has 0 bridgehead atoms. The third-order valence-corrected chi connectivity index (χ3v) is 4.87. The van der Waals surface area contributed by atoms with Crippen molar-refractivity contribution in [3.63, 3.8) is 0 Å². The normalized spacial score (nSPS) is 22.5. The van der Waals surface area contributed by atoms with Gasteiger partial charge in [-0.05, 0) is 38.0 Å². The van der Waals surface area contributed by atoms with E-state index >= 15 is 0 Å². The lowest BCUT2D eigenvalue weighted by molar-refractivity contribution is -0.137. The van der Waals surface area contributed by atoms with Gasteiger partial charge >= 0.3 is 0 Å². The minimum Gasteiger partial charge on any atom is -0.378 e. The van der Waals surface area contributed by atoms with Gasteiger partial charge < -0.3 is 9.64 Å². The van der Waals surface area contributed by atoms with Crippen LogP contribution in [-0.2, 0) is 22.7 Å². The molecule has 1 saturated heterocycles. The fourth-order valence-electron chi connectivity index (χ4n) is 3.52. The van der Waals surface area contributed by atoms with Crippen LogP contribution < -0.4 is 0 Å². The molecular weight excluding hydrogens is 292 g/mol. The third-order valence-electron chi connectivity index (χ3n) is 4.87. The van der Waals surface area contributed by atoms with E-state index in [4.69, 9.17) is 4.74 Å². The number of hydrogen-bond acceptors (Lipinski definition) is 4. The zero-order valence-corrected chi connectivity index (χ0v) is 13.9. The smallest absolute Gasteiger partial charge is 0.226 e. The standard InChI is InChI=1S/C17H26N4O2/c1-23-13-16-12-21(19-18-16)11-14-7-9-20(10-8-14)17(22)15-5-3-2-4-6-15/h2-3,12,14-15H,4-11,13H2,1H3/t15-/m1/s1. The van der Waals surface area contributed by atoms with Crippen LogP contribution in [0.1, 0.15) is 37.8 Å². The van der Waals surface area contributed by atoms with E-state index in [1.165, 1.54) is 0 Å². The third kappa shape index (κ3) is 4.19. The van der Waals surface area contributed by atoms with Crippen molar-refractivity contribution < 1.29 is 9.53 Å². The summed E-state index contributed by atoms with van der Waals surface area (Å²) >= 11 is 0. The Morgan fingerprint density at radius 3 is 2.83 bits per heavy atom. The quantitative estimate of drug-likeness (QED) is 0.779. The van der Waals surface area contributed by atoms with Gasteiger partial charge in [-0.2, -0.15) is 0 Å². The van der Waals surface area contributed by atoms with Gasteiger partial charge in [-0.1, -0.05) is 17.4 Å². The van der Waals surface area contributed by atoms with Crippen molar-refractivity contribution in [2.24, 2.45) is 11.8 Å². The van der Waals surface area contributed by atoms with E-state index in [1.54, 1.807) is 7.11 Å². The van der Waals surface area contributed by atoms with Crippen molar-refractivity contribution >= 4 is 5.91 Å². The number of carbonyl (C=O) groups is 1. The second-order valence-corrected chi connectivity index (χ2v) is 6.61. The Morgan fingerprint density at radius 2 is 2.13 bits per heavy atom. The van der Waals surface area contributed by atoms with Gasteiger partial charge in [0, 0.05) is 32.7 Å². The number of carbonyl (C=O) groups excluding carboxylic acids is 1. The van der Waals surface area contributed by atoms with Crippen molar-refractivity contribution in [3.05, 3.63) is 24.0 Å². The molecule has 0 spiro atoms. The summed E-state index contributed by atoms with van der Waals surface area (Å²) in [5, 5.41) is 8.25. The Morgan fingerprint density at radius 1 is 1.30 bits per heavy atom. The number of amides is 1. The monoisotopic (exact) mass is 318 g/mol. The summed E-state index contributed by atoms with van der Waals surface area (Å²) < 4.78 is 6.97. The van der Waals surface area contributed by atoms with E-state index in [0.717, 1.165) is 57.4 Å².